The summed E-state index contributed by atoms with van der Waals surface area (Å²) < 4.78 is 0. The molecule has 0 aromatic heterocycles. The minimum absolute atomic E-state index is 0.619. The largest absolute Gasteiger partial charge is 0.329 e. The van der Waals surface area contributed by atoms with Crippen LogP contribution < -0.4 is 11.1 Å². The fourth-order valence-corrected chi connectivity index (χ4v) is 4.25. The first kappa shape index (κ1) is 16.0. The molecule has 122 valence electrons. The summed E-state index contributed by atoms with van der Waals surface area (Å²) in [6.45, 7) is 4.10. The third-order valence-electron chi connectivity index (χ3n) is 5.32. The van der Waals surface area contributed by atoms with E-state index in [0.29, 0.717) is 12.0 Å². The number of hydrogen-bond donors (Lipinski definition) is 2. The highest BCUT2D eigenvalue weighted by atomic mass is 15.2. The summed E-state index contributed by atoms with van der Waals surface area (Å²) in [6, 6.07) is 12.4. The van der Waals surface area contributed by atoms with Crippen LogP contribution >= 0.6 is 0 Å². The predicted octanol–water partition coefficient (Wildman–Crippen LogP) is 2.73. The highest BCUT2D eigenvalue weighted by molar-refractivity contribution is 5.21. The van der Waals surface area contributed by atoms with Crippen LogP contribution in [0.5, 0.6) is 0 Å². The first-order valence-electron chi connectivity index (χ1n) is 9.08. The molecule has 2 atom stereocenters. The fraction of sp³-hybridized carbons (Fsp3) is 0.684. The van der Waals surface area contributed by atoms with E-state index in [-0.39, 0.29) is 0 Å². The summed E-state index contributed by atoms with van der Waals surface area (Å²) in [7, 11) is 0. The molecule has 3 heteroatoms. The Morgan fingerprint density at radius 3 is 2.50 bits per heavy atom. The van der Waals surface area contributed by atoms with Gasteiger partial charge in [0, 0.05) is 38.3 Å². The number of rotatable bonds is 5. The third kappa shape index (κ3) is 4.31. The molecule has 0 bridgehead atoms. The van der Waals surface area contributed by atoms with Gasteiger partial charge in [0.15, 0.2) is 0 Å². The van der Waals surface area contributed by atoms with Crippen molar-refractivity contribution in [3.05, 3.63) is 35.9 Å². The van der Waals surface area contributed by atoms with Gasteiger partial charge in [-0.05, 0) is 30.7 Å². The molecule has 3 rings (SSSR count). The van der Waals surface area contributed by atoms with Gasteiger partial charge in [0.2, 0.25) is 0 Å². The lowest BCUT2D eigenvalue weighted by Crippen LogP contribution is -2.52. The van der Waals surface area contributed by atoms with Gasteiger partial charge >= 0.3 is 0 Å². The quantitative estimate of drug-likeness (QED) is 0.878. The number of likely N-dealkylation sites (tertiary alicyclic amines) is 1. The number of benzene rings is 1. The van der Waals surface area contributed by atoms with E-state index in [1.54, 1.807) is 0 Å². The zero-order chi connectivity index (χ0) is 15.2. The molecule has 0 radical (unpaired) electrons. The molecule has 1 saturated heterocycles. The van der Waals surface area contributed by atoms with Crippen LogP contribution in [0.25, 0.3) is 0 Å². The van der Waals surface area contributed by atoms with Crippen LogP contribution in [0.3, 0.4) is 0 Å². The average Bonchev–Trinajstić information content (AvgIpc) is 2.57. The maximum atomic E-state index is 5.81. The topological polar surface area (TPSA) is 41.3 Å². The maximum absolute atomic E-state index is 5.81. The first-order chi connectivity index (χ1) is 10.8. The molecule has 22 heavy (non-hydrogen) atoms. The summed E-state index contributed by atoms with van der Waals surface area (Å²) >= 11 is 0. The Balaban J connectivity index is 1.64. The van der Waals surface area contributed by atoms with Crippen molar-refractivity contribution in [1.82, 2.24) is 10.2 Å². The lowest BCUT2D eigenvalue weighted by Gasteiger charge is -2.40. The maximum Gasteiger partial charge on any atom is 0.0203 e. The van der Waals surface area contributed by atoms with Gasteiger partial charge in [0.25, 0.3) is 0 Å². The predicted molar refractivity (Wildman–Crippen MR) is 93.1 cm³/mol. The number of piperidine rings is 1. The number of nitrogens with two attached hydrogens (primary N) is 1. The van der Waals surface area contributed by atoms with Crippen LogP contribution in [0.15, 0.2) is 30.3 Å². The molecule has 1 aromatic carbocycles. The smallest absolute Gasteiger partial charge is 0.0203 e. The molecule has 1 aliphatic heterocycles. The summed E-state index contributed by atoms with van der Waals surface area (Å²) in [6.07, 6.45) is 8.22. The Labute approximate surface area is 135 Å². The molecule has 2 unspecified atom stereocenters. The lowest BCUT2D eigenvalue weighted by atomic mass is 9.86. The summed E-state index contributed by atoms with van der Waals surface area (Å²) in [5.74, 6) is 0.641. The molecular weight excluding hydrogens is 270 g/mol. The molecule has 2 fully saturated rings. The number of hydrogen-bond acceptors (Lipinski definition) is 3. The molecule has 0 spiro atoms. The van der Waals surface area contributed by atoms with Crippen molar-refractivity contribution in [3.8, 4) is 0 Å². The molecule has 3 nitrogen and oxygen atoms in total. The van der Waals surface area contributed by atoms with E-state index in [2.05, 4.69) is 40.5 Å². The van der Waals surface area contributed by atoms with Gasteiger partial charge in [0.1, 0.15) is 0 Å². The molecule has 1 aromatic rings. The van der Waals surface area contributed by atoms with Gasteiger partial charge in [-0.2, -0.15) is 0 Å². The fourth-order valence-electron chi connectivity index (χ4n) is 4.25. The Hall–Kier alpha value is -0.900. The van der Waals surface area contributed by atoms with Crippen LogP contribution in [0.4, 0.5) is 0 Å². The van der Waals surface area contributed by atoms with Crippen LogP contribution in [-0.4, -0.2) is 43.2 Å². The highest BCUT2D eigenvalue weighted by Gasteiger charge is 2.29. The second-order valence-corrected chi connectivity index (χ2v) is 7.09. The number of nitrogens with zero attached hydrogens (tertiary/aromatic N) is 1. The molecular formula is C19H31N3. The SMILES string of the molecule is NCCN1CC(NC2CCCCC2)CC(c2ccccc2)C1. The van der Waals surface area contributed by atoms with E-state index < -0.39 is 0 Å². The minimum atomic E-state index is 0.619. The Morgan fingerprint density at radius 1 is 1.00 bits per heavy atom. The van der Waals surface area contributed by atoms with E-state index in [9.17, 15) is 0 Å². The van der Waals surface area contributed by atoms with Gasteiger partial charge in [-0.3, -0.25) is 4.90 Å². The van der Waals surface area contributed by atoms with Crippen molar-refractivity contribution in [2.75, 3.05) is 26.2 Å². The monoisotopic (exact) mass is 301 g/mol. The highest BCUT2D eigenvalue weighted by Crippen LogP contribution is 2.28. The van der Waals surface area contributed by atoms with Crippen LogP contribution in [0.1, 0.15) is 50.0 Å². The molecule has 1 saturated carbocycles. The molecule has 0 amide bonds. The van der Waals surface area contributed by atoms with Gasteiger partial charge in [-0.1, -0.05) is 49.6 Å². The van der Waals surface area contributed by atoms with E-state index >= 15 is 0 Å². The van der Waals surface area contributed by atoms with Gasteiger partial charge in [-0.25, -0.2) is 0 Å². The zero-order valence-electron chi connectivity index (χ0n) is 13.7. The van der Waals surface area contributed by atoms with Crippen molar-refractivity contribution in [2.24, 2.45) is 5.73 Å². The van der Waals surface area contributed by atoms with Crippen molar-refractivity contribution in [1.29, 1.82) is 0 Å². The van der Waals surface area contributed by atoms with Crippen molar-refractivity contribution < 1.29 is 0 Å². The second kappa shape index (κ2) is 8.09. The summed E-state index contributed by atoms with van der Waals surface area (Å²) in [4.78, 5) is 2.56. The summed E-state index contributed by atoms with van der Waals surface area (Å²) in [5.41, 5.74) is 7.30. The van der Waals surface area contributed by atoms with Crippen molar-refractivity contribution in [3.63, 3.8) is 0 Å². The normalized spacial score (nSPS) is 27.9. The van der Waals surface area contributed by atoms with E-state index in [0.717, 1.165) is 32.2 Å². The average molecular weight is 301 g/mol. The van der Waals surface area contributed by atoms with Crippen LogP contribution in [0, 0.1) is 0 Å². The van der Waals surface area contributed by atoms with E-state index in [1.165, 1.54) is 44.1 Å². The molecule has 1 aliphatic carbocycles. The van der Waals surface area contributed by atoms with E-state index in [4.69, 9.17) is 5.73 Å². The third-order valence-corrected chi connectivity index (χ3v) is 5.32. The van der Waals surface area contributed by atoms with Crippen molar-refractivity contribution >= 4 is 0 Å². The van der Waals surface area contributed by atoms with Crippen molar-refractivity contribution in [2.45, 2.75) is 56.5 Å². The standard InChI is InChI=1S/C19H31N3/c20-11-12-22-14-17(16-7-3-1-4-8-16)13-19(15-22)21-18-9-5-2-6-10-18/h1,3-4,7-8,17-19,21H,2,5-6,9-15,20H2. The lowest BCUT2D eigenvalue weighted by molar-refractivity contribution is 0.161. The number of nitrogens with one attached hydrogen (secondary N) is 1. The first-order valence-corrected chi connectivity index (χ1v) is 9.08. The molecule has 1 heterocycles. The second-order valence-electron chi connectivity index (χ2n) is 7.09. The molecule has 3 N–H and O–H groups in total. The van der Waals surface area contributed by atoms with Gasteiger partial charge in [0.05, 0.1) is 0 Å². The van der Waals surface area contributed by atoms with Gasteiger partial charge in [-0.15, -0.1) is 0 Å². The minimum Gasteiger partial charge on any atom is -0.329 e. The molecule has 2 aliphatic rings. The van der Waals surface area contributed by atoms with Crippen LogP contribution in [0.2, 0.25) is 0 Å². The van der Waals surface area contributed by atoms with E-state index in [1.807, 2.05) is 0 Å². The Kier molecular flexibility index (Phi) is 5.88. The zero-order valence-corrected chi connectivity index (χ0v) is 13.7. The Morgan fingerprint density at radius 2 is 1.77 bits per heavy atom. The summed E-state index contributed by atoms with van der Waals surface area (Å²) in [5, 5.41) is 3.96. The van der Waals surface area contributed by atoms with Crippen LogP contribution in [-0.2, 0) is 0 Å². The van der Waals surface area contributed by atoms with Gasteiger partial charge < -0.3 is 11.1 Å². The Bertz CT molecular complexity index is 428.